The van der Waals surface area contributed by atoms with Gasteiger partial charge in [0, 0.05) is 6.42 Å². The van der Waals surface area contributed by atoms with Gasteiger partial charge in [-0.25, -0.2) is 4.21 Å². The molecule has 1 aliphatic rings. The zero-order chi connectivity index (χ0) is 27.4. The standard InChI is InChI=1S/C35H30O3PS/c36-35(38-26-27-22-23-34-32(25-27)31-19-10-11-20-33(31)40(34)37)21-12-24-39(28-13-4-1-5-14-28,29-15-6-2-7-16-29)30-17-8-3-9-18-30/h1-11,13-20,22-23,25H,12,21,24,26H2/q+1. The van der Waals surface area contributed by atoms with E-state index in [4.69, 9.17) is 4.74 Å². The molecule has 5 aromatic rings. The Labute approximate surface area is 238 Å². The van der Waals surface area contributed by atoms with Gasteiger partial charge in [-0.3, -0.25) is 4.79 Å². The number of benzene rings is 5. The lowest BCUT2D eigenvalue weighted by molar-refractivity contribution is -0.144. The van der Waals surface area contributed by atoms with Gasteiger partial charge in [0.25, 0.3) is 0 Å². The molecule has 0 N–H and O–H groups in total. The summed E-state index contributed by atoms with van der Waals surface area (Å²) in [7, 11) is -3.13. The maximum atomic E-state index is 12.9. The first-order valence-electron chi connectivity index (χ1n) is 13.5. The molecule has 5 aromatic carbocycles. The Morgan fingerprint density at radius 3 is 1.75 bits per heavy atom. The second-order valence-electron chi connectivity index (χ2n) is 9.90. The van der Waals surface area contributed by atoms with Crippen molar-refractivity contribution in [2.24, 2.45) is 0 Å². The number of rotatable bonds is 9. The number of carbonyl (C=O) groups is 1. The summed E-state index contributed by atoms with van der Waals surface area (Å²) in [5, 5.41) is 3.95. The Kier molecular flexibility index (Phi) is 7.73. The van der Waals surface area contributed by atoms with Crippen LogP contribution in [-0.2, 0) is 26.9 Å². The van der Waals surface area contributed by atoms with Crippen molar-refractivity contribution in [2.45, 2.75) is 29.2 Å². The summed E-state index contributed by atoms with van der Waals surface area (Å²) in [4.78, 5) is 14.6. The molecule has 1 atom stereocenters. The zero-order valence-corrected chi connectivity index (χ0v) is 23.8. The van der Waals surface area contributed by atoms with Crippen molar-refractivity contribution >= 4 is 39.9 Å². The molecule has 3 nitrogen and oxygen atoms in total. The van der Waals surface area contributed by atoms with Gasteiger partial charge in [0.05, 0.1) is 26.8 Å². The summed E-state index contributed by atoms with van der Waals surface area (Å²) >= 11 is 0. The summed E-state index contributed by atoms with van der Waals surface area (Å²) in [5.41, 5.74) is 2.86. The molecular formula is C35H30O3PS+. The highest BCUT2D eigenvalue weighted by Gasteiger charge is 2.44. The second kappa shape index (κ2) is 11.7. The molecule has 0 spiro atoms. The molecule has 1 unspecified atom stereocenters. The normalized spacial score (nSPS) is 13.8. The topological polar surface area (TPSA) is 43.4 Å². The van der Waals surface area contributed by atoms with Crippen molar-refractivity contribution in [1.29, 1.82) is 0 Å². The van der Waals surface area contributed by atoms with Gasteiger partial charge in [-0.1, -0.05) is 78.9 Å². The highest BCUT2D eigenvalue weighted by atomic mass is 32.2. The molecule has 0 saturated carbocycles. The van der Waals surface area contributed by atoms with E-state index in [1.54, 1.807) is 0 Å². The highest BCUT2D eigenvalue weighted by molar-refractivity contribution is 7.95. The molecule has 0 saturated heterocycles. The van der Waals surface area contributed by atoms with Gasteiger partial charge < -0.3 is 4.74 Å². The molecule has 0 aliphatic carbocycles. The lowest BCUT2D eigenvalue weighted by Gasteiger charge is -2.27. The lowest BCUT2D eigenvalue weighted by atomic mass is 10.0. The predicted octanol–water partition coefficient (Wildman–Crippen LogP) is 6.65. The summed E-state index contributed by atoms with van der Waals surface area (Å²) in [6, 6.07) is 45.8. The first kappa shape index (κ1) is 26.4. The van der Waals surface area contributed by atoms with Crippen molar-refractivity contribution in [3.05, 3.63) is 139 Å². The van der Waals surface area contributed by atoms with E-state index >= 15 is 0 Å². The molecular weight excluding hydrogens is 531 g/mol. The molecule has 198 valence electrons. The summed E-state index contributed by atoms with van der Waals surface area (Å²) in [6.07, 6.45) is 1.95. The molecule has 40 heavy (non-hydrogen) atoms. The van der Waals surface area contributed by atoms with E-state index in [0.29, 0.717) is 6.42 Å². The lowest BCUT2D eigenvalue weighted by Crippen LogP contribution is -2.33. The molecule has 0 aromatic heterocycles. The fourth-order valence-electron chi connectivity index (χ4n) is 5.59. The average Bonchev–Trinajstić information content (AvgIpc) is 3.31. The highest BCUT2D eigenvalue weighted by Crippen LogP contribution is 2.56. The minimum atomic E-state index is -1.97. The van der Waals surface area contributed by atoms with Gasteiger partial charge in [0.2, 0.25) is 0 Å². The Bertz CT molecular complexity index is 1560. The minimum absolute atomic E-state index is 0.197. The number of hydrogen-bond donors (Lipinski definition) is 0. The number of esters is 1. The molecule has 1 heterocycles. The van der Waals surface area contributed by atoms with Crippen LogP contribution < -0.4 is 15.9 Å². The van der Waals surface area contributed by atoms with Crippen LogP contribution in [0.15, 0.2) is 143 Å². The van der Waals surface area contributed by atoms with Crippen LogP contribution in [-0.4, -0.2) is 16.3 Å². The second-order valence-corrected chi connectivity index (χ2v) is 14.9. The van der Waals surface area contributed by atoms with E-state index in [2.05, 4.69) is 91.0 Å². The first-order valence-corrected chi connectivity index (χ1v) is 16.6. The van der Waals surface area contributed by atoms with Crippen molar-refractivity contribution in [3.8, 4) is 11.1 Å². The fourth-order valence-corrected chi connectivity index (χ4v) is 11.3. The largest absolute Gasteiger partial charge is 0.461 e. The van der Waals surface area contributed by atoms with E-state index in [-0.39, 0.29) is 12.6 Å². The SMILES string of the molecule is O=C(CCC[P+](c1ccccc1)(c1ccccc1)c1ccccc1)OCc1ccc2c(c1)-c1ccccc1S2=O. The Balaban J connectivity index is 1.18. The number of ether oxygens (including phenoxy) is 1. The van der Waals surface area contributed by atoms with Gasteiger partial charge in [-0.15, -0.1) is 0 Å². The van der Waals surface area contributed by atoms with Crippen molar-refractivity contribution in [1.82, 2.24) is 0 Å². The number of hydrogen-bond acceptors (Lipinski definition) is 3. The quantitative estimate of drug-likeness (QED) is 0.147. The first-order chi connectivity index (χ1) is 19.7. The maximum Gasteiger partial charge on any atom is 0.306 e. The molecule has 5 heteroatoms. The van der Waals surface area contributed by atoms with Crippen LogP contribution in [0.25, 0.3) is 11.1 Å². The number of fused-ring (bicyclic) bond motifs is 3. The van der Waals surface area contributed by atoms with Gasteiger partial charge in [0.1, 0.15) is 29.8 Å². The maximum absolute atomic E-state index is 12.9. The van der Waals surface area contributed by atoms with Crippen LogP contribution >= 0.6 is 7.26 Å². The van der Waals surface area contributed by atoms with Gasteiger partial charge >= 0.3 is 5.97 Å². The summed E-state index contributed by atoms with van der Waals surface area (Å²) in [5.74, 6) is -0.197. The smallest absolute Gasteiger partial charge is 0.306 e. The predicted molar refractivity (Wildman–Crippen MR) is 166 cm³/mol. The van der Waals surface area contributed by atoms with Crippen LogP contribution in [0.2, 0.25) is 0 Å². The van der Waals surface area contributed by atoms with Crippen LogP contribution in [0.4, 0.5) is 0 Å². The Morgan fingerprint density at radius 2 is 1.15 bits per heavy atom. The Hall–Kier alpha value is -3.85. The summed E-state index contributed by atoms with van der Waals surface area (Å²) in [6.45, 7) is 0.206. The van der Waals surface area contributed by atoms with E-state index in [1.807, 2.05) is 42.5 Å². The minimum Gasteiger partial charge on any atom is -0.461 e. The molecule has 0 fully saturated rings. The molecule has 0 amide bonds. The van der Waals surface area contributed by atoms with Crippen LogP contribution in [0.3, 0.4) is 0 Å². The zero-order valence-electron chi connectivity index (χ0n) is 22.1. The molecule has 0 radical (unpaired) electrons. The van der Waals surface area contributed by atoms with Crippen LogP contribution in [0.1, 0.15) is 18.4 Å². The van der Waals surface area contributed by atoms with Crippen molar-refractivity contribution < 1.29 is 13.7 Å². The van der Waals surface area contributed by atoms with Crippen LogP contribution in [0.5, 0.6) is 0 Å². The Morgan fingerprint density at radius 1 is 0.625 bits per heavy atom. The van der Waals surface area contributed by atoms with Gasteiger partial charge in [-0.2, -0.15) is 0 Å². The van der Waals surface area contributed by atoms with E-state index in [0.717, 1.165) is 39.1 Å². The van der Waals surface area contributed by atoms with Gasteiger partial charge in [-0.05, 0) is 77.7 Å². The van der Waals surface area contributed by atoms with E-state index in [1.165, 1.54) is 15.9 Å². The van der Waals surface area contributed by atoms with Crippen molar-refractivity contribution in [3.63, 3.8) is 0 Å². The fraction of sp³-hybridized carbons (Fsp3) is 0.114. The summed E-state index contributed by atoms with van der Waals surface area (Å²) < 4.78 is 18.5. The third-order valence-electron chi connectivity index (χ3n) is 7.49. The van der Waals surface area contributed by atoms with Crippen molar-refractivity contribution in [2.75, 3.05) is 6.16 Å². The molecule has 6 rings (SSSR count). The third kappa shape index (κ3) is 5.06. The third-order valence-corrected chi connectivity index (χ3v) is 13.5. The van der Waals surface area contributed by atoms with Gasteiger partial charge in [0.15, 0.2) is 0 Å². The average molecular weight is 562 g/mol. The molecule has 1 aliphatic heterocycles. The monoisotopic (exact) mass is 561 g/mol. The van der Waals surface area contributed by atoms with Crippen LogP contribution in [0, 0.1) is 0 Å². The number of carbonyl (C=O) groups excluding carboxylic acids is 1. The molecule has 0 bridgehead atoms. The van der Waals surface area contributed by atoms with E-state index < -0.39 is 18.1 Å². The van der Waals surface area contributed by atoms with E-state index in [9.17, 15) is 9.00 Å².